The lowest BCUT2D eigenvalue weighted by atomic mass is 10.0. The van der Waals surface area contributed by atoms with Gasteiger partial charge in [0, 0.05) is 26.7 Å². The van der Waals surface area contributed by atoms with Crippen LogP contribution >= 0.6 is 0 Å². The zero-order valence-electron chi connectivity index (χ0n) is 10.7. The number of nitriles is 1. The molecule has 5 heteroatoms. The highest BCUT2D eigenvalue weighted by molar-refractivity contribution is 5.68. The molecule has 0 radical (unpaired) electrons. The fourth-order valence-corrected chi connectivity index (χ4v) is 1.49. The third kappa shape index (κ3) is 4.24. The van der Waals surface area contributed by atoms with Crippen molar-refractivity contribution >= 4 is 11.4 Å². The summed E-state index contributed by atoms with van der Waals surface area (Å²) in [5, 5.41) is 21.9. The van der Waals surface area contributed by atoms with Gasteiger partial charge < -0.3 is 20.9 Å². The Morgan fingerprint density at radius 1 is 1.56 bits per heavy atom. The van der Waals surface area contributed by atoms with Gasteiger partial charge >= 0.3 is 0 Å². The Morgan fingerprint density at radius 2 is 2.28 bits per heavy atom. The molecule has 1 aromatic carbocycles. The number of aliphatic hydroxyl groups is 1. The lowest BCUT2D eigenvalue weighted by Crippen LogP contribution is -2.34. The minimum atomic E-state index is -0.865. The summed E-state index contributed by atoms with van der Waals surface area (Å²) in [6.07, 6.45) is 0.534. The predicted octanol–water partition coefficient (Wildman–Crippen LogP) is 1.34. The number of anilines is 2. The van der Waals surface area contributed by atoms with E-state index in [9.17, 15) is 5.11 Å². The van der Waals surface area contributed by atoms with Crippen molar-refractivity contribution in [3.63, 3.8) is 0 Å². The van der Waals surface area contributed by atoms with E-state index in [2.05, 4.69) is 5.32 Å². The molecule has 1 unspecified atom stereocenters. The van der Waals surface area contributed by atoms with Crippen LogP contribution in [0.3, 0.4) is 0 Å². The van der Waals surface area contributed by atoms with Gasteiger partial charge in [0.15, 0.2) is 0 Å². The first-order valence-electron chi connectivity index (χ1n) is 5.73. The van der Waals surface area contributed by atoms with E-state index in [4.69, 9.17) is 15.7 Å². The van der Waals surface area contributed by atoms with Crippen LogP contribution in [0.1, 0.15) is 18.9 Å². The van der Waals surface area contributed by atoms with Gasteiger partial charge in [0.05, 0.1) is 28.6 Å². The number of nitrogens with two attached hydrogens (primary N) is 1. The number of hydrogen-bond donors (Lipinski definition) is 3. The first kappa shape index (κ1) is 14.3. The van der Waals surface area contributed by atoms with Crippen LogP contribution in [0.15, 0.2) is 18.2 Å². The molecule has 0 aliphatic rings. The molecule has 18 heavy (non-hydrogen) atoms. The normalized spacial score (nSPS) is 13.7. The molecule has 0 bridgehead atoms. The maximum absolute atomic E-state index is 10.1. The maximum Gasteiger partial charge on any atom is 0.0992 e. The molecule has 0 saturated carbocycles. The molecule has 0 aliphatic heterocycles. The van der Waals surface area contributed by atoms with Gasteiger partial charge in [-0.05, 0) is 25.1 Å². The van der Waals surface area contributed by atoms with Crippen LogP contribution in [-0.4, -0.2) is 31.0 Å². The van der Waals surface area contributed by atoms with E-state index in [-0.39, 0.29) is 0 Å². The molecule has 0 aliphatic carbocycles. The average molecular weight is 249 g/mol. The summed E-state index contributed by atoms with van der Waals surface area (Å²) in [6, 6.07) is 7.04. The molecule has 1 atom stereocenters. The summed E-state index contributed by atoms with van der Waals surface area (Å²) < 4.78 is 4.94. The van der Waals surface area contributed by atoms with E-state index in [1.54, 1.807) is 32.2 Å². The molecule has 1 rings (SSSR count). The van der Waals surface area contributed by atoms with Crippen LogP contribution < -0.4 is 11.1 Å². The quantitative estimate of drug-likeness (QED) is 0.662. The molecule has 4 N–H and O–H groups in total. The SMILES string of the molecule is COCCC(C)(O)CNc1ccc(C#N)cc1N. The van der Waals surface area contributed by atoms with E-state index >= 15 is 0 Å². The van der Waals surface area contributed by atoms with E-state index in [1.807, 2.05) is 6.07 Å². The minimum Gasteiger partial charge on any atom is -0.397 e. The summed E-state index contributed by atoms with van der Waals surface area (Å²) >= 11 is 0. The summed E-state index contributed by atoms with van der Waals surface area (Å²) in [6.45, 7) is 2.60. The molecule has 0 heterocycles. The number of rotatable bonds is 6. The van der Waals surface area contributed by atoms with Crippen LogP contribution in [0, 0.1) is 11.3 Å². The molecule has 0 saturated heterocycles. The van der Waals surface area contributed by atoms with E-state index < -0.39 is 5.60 Å². The lowest BCUT2D eigenvalue weighted by Gasteiger charge is -2.24. The Hall–Kier alpha value is -1.77. The zero-order valence-corrected chi connectivity index (χ0v) is 10.7. The Kier molecular flexibility index (Phi) is 4.95. The fourth-order valence-electron chi connectivity index (χ4n) is 1.49. The summed E-state index contributed by atoms with van der Waals surface area (Å²) in [5.41, 5.74) is 6.67. The number of ether oxygens (including phenoxy) is 1. The summed E-state index contributed by atoms with van der Waals surface area (Å²) in [7, 11) is 1.60. The van der Waals surface area contributed by atoms with Crippen molar-refractivity contribution in [2.24, 2.45) is 0 Å². The van der Waals surface area contributed by atoms with Gasteiger partial charge in [-0.1, -0.05) is 0 Å². The molecule has 0 amide bonds. The third-order valence-corrected chi connectivity index (χ3v) is 2.69. The van der Waals surface area contributed by atoms with Gasteiger partial charge in [-0.15, -0.1) is 0 Å². The highest BCUT2D eigenvalue weighted by atomic mass is 16.5. The van der Waals surface area contributed by atoms with Gasteiger partial charge in [0.2, 0.25) is 0 Å². The second kappa shape index (κ2) is 6.24. The minimum absolute atomic E-state index is 0.368. The van der Waals surface area contributed by atoms with Crippen molar-refractivity contribution in [3.05, 3.63) is 23.8 Å². The standard InChI is InChI=1S/C13H19N3O2/c1-13(17,5-6-18-2)9-16-12-4-3-10(8-14)7-11(12)15/h3-4,7,16-17H,5-6,9,15H2,1-2H3. The second-order valence-electron chi connectivity index (χ2n) is 4.51. The number of nitrogens with zero attached hydrogens (tertiary/aromatic N) is 1. The molecule has 0 fully saturated rings. The monoisotopic (exact) mass is 249 g/mol. The van der Waals surface area contributed by atoms with Crippen LogP contribution in [0.5, 0.6) is 0 Å². The zero-order chi connectivity index (χ0) is 13.6. The maximum atomic E-state index is 10.1. The van der Waals surface area contributed by atoms with Gasteiger partial charge in [-0.25, -0.2) is 0 Å². The number of hydrogen-bond acceptors (Lipinski definition) is 5. The van der Waals surface area contributed by atoms with Crippen molar-refractivity contribution < 1.29 is 9.84 Å². The molecule has 5 nitrogen and oxygen atoms in total. The number of nitrogen functional groups attached to an aromatic ring is 1. The smallest absolute Gasteiger partial charge is 0.0992 e. The molecule has 0 spiro atoms. The van der Waals surface area contributed by atoms with Crippen LogP contribution in [0.2, 0.25) is 0 Å². The number of nitrogens with one attached hydrogen (secondary N) is 1. The van der Waals surface area contributed by atoms with Gasteiger partial charge in [-0.2, -0.15) is 5.26 Å². The van der Waals surface area contributed by atoms with Gasteiger partial charge in [0.25, 0.3) is 0 Å². The fraction of sp³-hybridized carbons (Fsp3) is 0.462. The lowest BCUT2D eigenvalue weighted by molar-refractivity contribution is 0.0358. The highest BCUT2D eigenvalue weighted by Gasteiger charge is 2.19. The van der Waals surface area contributed by atoms with Crippen LogP contribution in [-0.2, 0) is 4.74 Å². The van der Waals surface area contributed by atoms with Gasteiger partial charge in [0.1, 0.15) is 0 Å². The Bertz CT molecular complexity index is 438. The van der Waals surface area contributed by atoms with Crippen LogP contribution in [0.25, 0.3) is 0 Å². The van der Waals surface area contributed by atoms with E-state index in [0.29, 0.717) is 36.5 Å². The van der Waals surface area contributed by atoms with E-state index in [1.165, 1.54) is 0 Å². The second-order valence-corrected chi connectivity index (χ2v) is 4.51. The summed E-state index contributed by atoms with van der Waals surface area (Å²) in [5.74, 6) is 0. The Balaban J connectivity index is 2.61. The van der Waals surface area contributed by atoms with Crippen molar-refractivity contribution in [2.45, 2.75) is 18.9 Å². The van der Waals surface area contributed by atoms with Crippen molar-refractivity contribution in [3.8, 4) is 6.07 Å². The van der Waals surface area contributed by atoms with Crippen molar-refractivity contribution in [1.29, 1.82) is 5.26 Å². The van der Waals surface area contributed by atoms with Crippen molar-refractivity contribution in [2.75, 3.05) is 31.3 Å². The molecular weight excluding hydrogens is 230 g/mol. The van der Waals surface area contributed by atoms with Crippen LogP contribution in [0.4, 0.5) is 11.4 Å². The topological polar surface area (TPSA) is 91.3 Å². The first-order chi connectivity index (χ1) is 8.48. The molecular formula is C13H19N3O2. The first-order valence-corrected chi connectivity index (χ1v) is 5.73. The Morgan fingerprint density at radius 3 is 2.83 bits per heavy atom. The molecule has 1 aromatic rings. The van der Waals surface area contributed by atoms with Crippen molar-refractivity contribution in [1.82, 2.24) is 0 Å². The largest absolute Gasteiger partial charge is 0.397 e. The Labute approximate surface area is 107 Å². The summed E-state index contributed by atoms with van der Waals surface area (Å²) in [4.78, 5) is 0. The number of methoxy groups -OCH3 is 1. The predicted molar refractivity (Wildman–Crippen MR) is 71.2 cm³/mol. The van der Waals surface area contributed by atoms with Gasteiger partial charge in [-0.3, -0.25) is 0 Å². The third-order valence-electron chi connectivity index (χ3n) is 2.69. The average Bonchev–Trinajstić information content (AvgIpc) is 2.35. The number of benzene rings is 1. The van der Waals surface area contributed by atoms with E-state index in [0.717, 1.165) is 0 Å². The highest BCUT2D eigenvalue weighted by Crippen LogP contribution is 2.21. The molecule has 0 aromatic heterocycles. The molecule has 98 valence electrons.